The topological polar surface area (TPSA) is 102 Å². The van der Waals surface area contributed by atoms with Gasteiger partial charge in [-0.1, -0.05) is 0 Å². The monoisotopic (exact) mass is 437 g/mol. The molecule has 0 aliphatic carbocycles. The van der Waals surface area contributed by atoms with E-state index in [0.717, 1.165) is 43.3 Å². The van der Waals surface area contributed by atoms with Crippen molar-refractivity contribution in [2.75, 3.05) is 55.3 Å². The summed E-state index contributed by atoms with van der Waals surface area (Å²) in [7, 11) is 0. The van der Waals surface area contributed by atoms with Crippen LogP contribution < -0.4 is 25.4 Å². The van der Waals surface area contributed by atoms with E-state index in [0.29, 0.717) is 37.3 Å². The van der Waals surface area contributed by atoms with Crippen LogP contribution in [0.25, 0.3) is 0 Å². The van der Waals surface area contributed by atoms with Crippen molar-refractivity contribution in [1.82, 2.24) is 19.9 Å². The fourth-order valence-electron chi connectivity index (χ4n) is 3.83. The summed E-state index contributed by atoms with van der Waals surface area (Å²) < 4.78 is 24.3. The lowest BCUT2D eigenvalue weighted by atomic mass is 10.2. The van der Waals surface area contributed by atoms with E-state index in [1.807, 2.05) is 30.3 Å². The van der Waals surface area contributed by atoms with Crippen LogP contribution in [0.2, 0.25) is 0 Å². The highest BCUT2D eigenvalue weighted by atomic mass is 19.1. The predicted octanol–water partition coefficient (Wildman–Crippen LogP) is 2.43. The molecule has 0 unspecified atom stereocenters. The summed E-state index contributed by atoms with van der Waals surface area (Å²) in [4.78, 5) is 17.6. The third-order valence-corrected chi connectivity index (χ3v) is 5.43. The summed E-state index contributed by atoms with van der Waals surface area (Å²) in [5.41, 5.74) is 7.74. The second kappa shape index (κ2) is 8.83. The van der Waals surface area contributed by atoms with Crippen molar-refractivity contribution in [3.63, 3.8) is 0 Å². The van der Waals surface area contributed by atoms with Crippen LogP contribution in [0.1, 0.15) is 5.82 Å². The minimum Gasteiger partial charge on any atom is -0.486 e. The highest BCUT2D eigenvalue weighted by molar-refractivity contribution is 5.60. The van der Waals surface area contributed by atoms with E-state index in [2.05, 4.69) is 30.1 Å². The van der Waals surface area contributed by atoms with E-state index >= 15 is 0 Å². The number of fused-ring (bicyclic) bond motifs is 1. The molecule has 1 saturated heterocycles. The molecular weight excluding hydrogens is 413 g/mol. The van der Waals surface area contributed by atoms with Crippen LogP contribution in [-0.4, -0.2) is 59.2 Å². The normalized spacial score (nSPS) is 16.1. The Morgan fingerprint density at radius 3 is 2.44 bits per heavy atom. The number of hydrogen-bond donors (Lipinski definition) is 2. The number of nitrogens with one attached hydrogen (secondary N) is 1. The summed E-state index contributed by atoms with van der Waals surface area (Å²) in [5, 5.41) is 3.17. The first kappa shape index (κ1) is 20.3. The van der Waals surface area contributed by atoms with Gasteiger partial charge in [-0.25, -0.2) is 4.39 Å². The van der Waals surface area contributed by atoms with Crippen LogP contribution in [0, 0.1) is 5.82 Å². The van der Waals surface area contributed by atoms with Gasteiger partial charge in [0.25, 0.3) is 0 Å². The first-order chi connectivity index (χ1) is 15.6. The van der Waals surface area contributed by atoms with E-state index in [-0.39, 0.29) is 11.8 Å². The van der Waals surface area contributed by atoms with Crippen molar-refractivity contribution in [2.45, 2.75) is 6.54 Å². The maximum absolute atomic E-state index is 13.2. The zero-order valence-electron chi connectivity index (χ0n) is 17.5. The van der Waals surface area contributed by atoms with Crippen molar-refractivity contribution in [1.29, 1.82) is 0 Å². The largest absolute Gasteiger partial charge is 0.486 e. The fraction of sp³-hybridized carbons (Fsp3) is 0.318. The predicted molar refractivity (Wildman–Crippen MR) is 119 cm³/mol. The molecule has 3 N–H and O–H groups in total. The molecule has 1 aromatic heterocycles. The molecule has 0 radical (unpaired) electrons. The minimum atomic E-state index is -0.222. The summed E-state index contributed by atoms with van der Waals surface area (Å²) >= 11 is 0. The molecule has 2 aliphatic heterocycles. The molecule has 2 aromatic carbocycles. The van der Waals surface area contributed by atoms with E-state index < -0.39 is 0 Å². The van der Waals surface area contributed by atoms with Crippen LogP contribution in [0.5, 0.6) is 11.5 Å². The number of nitrogens with zero attached hydrogens (tertiary/aromatic N) is 5. The molecule has 10 heteroatoms. The number of nitrogens with two attached hydrogens (primary N) is 1. The average Bonchev–Trinajstić information content (AvgIpc) is 2.80. The quantitative estimate of drug-likeness (QED) is 0.623. The fourth-order valence-corrected chi connectivity index (χ4v) is 3.83. The minimum absolute atomic E-state index is 0.167. The molecule has 1 fully saturated rings. The Hall–Kier alpha value is -3.66. The van der Waals surface area contributed by atoms with E-state index in [1.54, 1.807) is 0 Å². The smallest absolute Gasteiger partial charge is 0.232 e. The molecule has 0 amide bonds. The summed E-state index contributed by atoms with van der Waals surface area (Å²) in [6, 6.07) is 12.2. The maximum Gasteiger partial charge on any atom is 0.232 e. The Labute approximate surface area is 185 Å². The molecule has 0 atom stereocenters. The Kier molecular flexibility index (Phi) is 5.59. The average molecular weight is 437 g/mol. The Morgan fingerprint density at radius 1 is 0.906 bits per heavy atom. The molecular formula is C22H24FN7O2. The van der Waals surface area contributed by atoms with Gasteiger partial charge in [0.1, 0.15) is 24.9 Å². The van der Waals surface area contributed by atoms with Crippen molar-refractivity contribution in [3.05, 3.63) is 54.1 Å². The molecule has 2 aliphatic rings. The van der Waals surface area contributed by atoms with Gasteiger partial charge < -0.3 is 25.4 Å². The first-order valence-corrected chi connectivity index (χ1v) is 10.5. The van der Waals surface area contributed by atoms with Gasteiger partial charge in [-0.2, -0.15) is 15.0 Å². The van der Waals surface area contributed by atoms with Crippen LogP contribution >= 0.6 is 0 Å². The number of anilines is 4. The molecule has 0 spiro atoms. The molecule has 0 bridgehead atoms. The molecule has 32 heavy (non-hydrogen) atoms. The number of rotatable bonds is 5. The number of benzene rings is 2. The molecule has 0 saturated carbocycles. The van der Waals surface area contributed by atoms with Crippen LogP contribution in [0.4, 0.5) is 27.7 Å². The van der Waals surface area contributed by atoms with Gasteiger partial charge >= 0.3 is 0 Å². The zero-order chi connectivity index (χ0) is 21.9. The Bertz CT molecular complexity index is 1090. The van der Waals surface area contributed by atoms with Gasteiger partial charge in [0.15, 0.2) is 11.5 Å². The van der Waals surface area contributed by atoms with E-state index in [4.69, 9.17) is 15.2 Å². The number of ether oxygens (including phenoxy) is 2. The second-order valence-corrected chi connectivity index (χ2v) is 7.66. The van der Waals surface area contributed by atoms with Crippen molar-refractivity contribution < 1.29 is 13.9 Å². The summed E-state index contributed by atoms with van der Waals surface area (Å²) in [6.45, 7) is 5.00. The first-order valence-electron chi connectivity index (χ1n) is 10.5. The lowest BCUT2D eigenvalue weighted by molar-refractivity contribution is 0.171. The van der Waals surface area contributed by atoms with Gasteiger partial charge in [0, 0.05) is 43.6 Å². The van der Waals surface area contributed by atoms with Crippen LogP contribution in [-0.2, 0) is 6.54 Å². The van der Waals surface area contributed by atoms with Gasteiger partial charge in [0.05, 0.1) is 6.54 Å². The van der Waals surface area contributed by atoms with Crippen molar-refractivity contribution >= 4 is 23.3 Å². The van der Waals surface area contributed by atoms with E-state index in [1.165, 1.54) is 12.1 Å². The second-order valence-electron chi connectivity index (χ2n) is 7.66. The van der Waals surface area contributed by atoms with Gasteiger partial charge in [0.2, 0.25) is 11.9 Å². The molecule has 3 heterocycles. The Balaban J connectivity index is 1.22. The SMILES string of the molecule is Nc1nc(CN2CCN(c3ccc(F)cc3)CC2)nc(Nc2ccc3c(c2)OCCO3)n1. The highest BCUT2D eigenvalue weighted by Gasteiger charge is 2.19. The highest BCUT2D eigenvalue weighted by Crippen LogP contribution is 2.33. The number of hydrogen-bond acceptors (Lipinski definition) is 9. The van der Waals surface area contributed by atoms with Gasteiger partial charge in [-0.05, 0) is 36.4 Å². The van der Waals surface area contributed by atoms with Gasteiger partial charge in [-0.3, -0.25) is 4.90 Å². The van der Waals surface area contributed by atoms with E-state index in [9.17, 15) is 4.39 Å². The molecule has 9 nitrogen and oxygen atoms in total. The number of piperazine rings is 1. The van der Waals surface area contributed by atoms with Crippen LogP contribution in [0.3, 0.4) is 0 Å². The molecule has 3 aromatic rings. The third kappa shape index (κ3) is 4.65. The van der Waals surface area contributed by atoms with Crippen molar-refractivity contribution in [2.24, 2.45) is 0 Å². The van der Waals surface area contributed by atoms with Crippen molar-refractivity contribution in [3.8, 4) is 11.5 Å². The maximum atomic E-state index is 13.2. The summed E-state index contributed by atoms with van der Waals surface area (Å²) in [5.74, 6) is 2.34. The lowest BCUT2D eigenvalue weighted by Crippen LogP contribution is -2.46. The summed E-state index contributed by atoms with van der Waals surface area (Å²) in [6.07, 6.45) is 0. The molecule has 166 valence electrons. The third-order valence-electron chi connectivity index (χ3n) is 5.43. The lowest BCUT2D eigenvalue weighted by Gasteiger charge is -2.35. The number of nitrogen functional groups attached to an aromatic ring is 1. The number of aromatic nitrogens is 3. The Morgan fingerprint density at radius 2 is 1.66 bits per heavy atom. The van der Waals surface area contributed by atoms with Crippen LogP contribution in [0.15, 0.2) is 42.5 Å². The standard InChI is InChI=1S/C22H24FN7O2/c23-15-1-4-17(5-2-15)30-9-7-29(8-10-30)14-20-26-21(24)28-22(27-20)25-16-3-6-18-19(13-16)32-12-11-31-18/h1-6,13H,7-12,14H2,(H3,24,25,26,27,28). The number of halogens is 1. The van der Waals surface area contributed by atoms with Gasteiger partial charge in [-0.15, -0.1) is 0 Å². The zero-order valence-corrected chi connectivity index (χ0v) is 17.5. The molecule has 5 rings (SSSR count).